The lowest BCUT2D eigenvalue weighted by Gasteiger charge is -2.23. The van der Waals surface area contributed by atoms with Crippen LogP contribution in [-0.2, 0) is 4.79 Å². The zero-order valence-corrected chi connectivity index (χ0v) is 13.5. The number of nitrogens with two attached hydrogens (primary N) is 1. The lowest BCUT2D eigenvalue weighted by atomic mass is 10.0. The van der Waals surface area contributed by atoms with Gasteiger partial charge in [-0.15, -0.1) is 0 Å². The number of amides is 1. The molecule has 2 aromatic rings. The normalized spacial score (nSPS) is 15.3. The van der Waals surface area contributed by atoms with Crippen molar-refractivity contribution < 1.29 is 9.53 Å². The maximum Gasteiger partial charge on any atom is 0.229 e. The Morgan fingerprint density at radius 2 is 1.96 bits per heavy atom. The minimum atomic E-state index is -0.424. The summed E-state index contributed by atoms with van der Waals surface area (Å²) >= 11 is 6.17. The molecular weight excluding hydrogens is 312 g/mol. The molecule has 2 aromatic carbocycles. The standard InChI is InChI=1S/C18H19ClN2O2/c19-14-7-2-1-6-13(14)15(20)12-18(22)21-10-5-11-23-17-9-4-3-8-16(17)21/h1-4,6-9,15H,5,10-12,20H2/t15-/m0/s1. The zero-order valence-electron chi connectivity index (χ0n) is 12.7. The van der Waals surface area contributed by atoms with E-state index in [1.807, 2.05) is 42.5 Å². The molecule has 2 N–H and O–H groups in total. The van der Waals surface area contributed by atoms with Crippen molar-refractivity contribution >= 4 is 23.2 Å². The van der Waals surface area contributed by atoms with E-state index in [-0.39, 0.29) is 12.3 Å². The molecule has 1 aliphatic heterocycles. The summed E-state index contributed by atoms with van der Waals surface area (Å²) in [6.45, 7) is 1.24. The first-order valence-corrected chi connectivity index (χ1v) is 8.07. The summed E-state index contributed by atoms with van der Waals surface area (Å²) in [5.74, 6) is 0.722. The number of hydrogen-bond donors (Lipinski definition) is 1. The van der Waals surface area contributed by atoms with Crippen molar-refractivity contribution in [1.29, 1.82) is 0 Å². The van der Waals surface area contributed by atoms with Gasteiger partial charge in [0.1, 0.15) is 5.75 Å². The summed E-state index contributed by atoms with van der Waals surface area (Å²) in [5, 5.41) is 0.590. The largest absolute Gasteiger partial charge is 0.491 e. The van der Waals surface area contributed by atoms with Crippen LogP contribution in [0, 0.1) is 0 Å². The van der Waals surface area contributed by atoms with Gasteiger partial charge in [0.05, 0.1) is 12.3 Å². The molecule has 1 aliphatic rings. The van der Waals surface area contributed by atoms with Gasteiger partial charge < -0.3 is 15.4 Å². The van der Waals surface area contributed by atoms with E-state index >= 15 is 0 Å². The SMILES string of the molecule is N[C@@H](CC(=O)N1CCCOc2ccccc21)c1ccccc1Cl. The van der Waals surface area contributed by atoms with Crippen LogP contribution in [0.4, 0.5) is 5.69 Å². The van der Waals surface area contributed by atoms with E-state index in [9.17, 15) is 4.79 Å². The highest BCUT2D eigenvalue weighted by Crippen LogP contribution is 2.32. The Morgan fingerprint density at radius 3 is 2.78 bits per heavy atom. The number of carbonyl (C=O) groups excluding carboxylic acids is 1. The van der Waals surface area contributed by atoms with Crippen LogP contribution in [0.1, 0.15) is 24.4 Å². The third-order valence-electron chi connectivity index (χ3n) is 3.94. The molecule has 0 saturated carbocycles. The Kier molecular flexibility index (Phi) is 4.84. The van der Waals surface area contributed by atoms with Crippen molar-refractivity contribution in [2.75, 3.05) is 18.1 Å². The maximum absolute atomic E-state index is 12.8. The van der Waals surface area contributed by atoms with Gasteiger partial charge in [0, 0.05) is 24.0 Å². The average Bonchev–Trinajstić information content (AvgIpc) is 2.77. The summed E-state index contributed by atoms with van der Waals surface area (Å²) in [6.07, 6.45) is 1.000. The molecule has 0 unspecified atom stereocenters. The van der Waals surface area contributed by atoms with Crippen LogP contribution in [0.3, 0.4) is 0 Å². The van der Waals surface area contributed by atoms with Crippen LogP contribution in [0.15, 0.2) is 48.5 Å². The zero-order chi connectivity index (χ0) is 16.2. The van der Waals surface area contributed by atoms with Gasteiger partial charge in [0.2, 0.25) is 5.91 Å². The molecule has 0 saturated heterocycles. The molecule has 120 valence electrons. The molecule has 0 spiro atoms. The summed E-state index contributed by atoms with van der Waals surface area (Å²) < 4.78 is 5.69. The van der Waals surface area contributed by atoms with Crippen molar-refractivity contribution in [2.45, 2.75) is 18.9 Å². The first-order chi connectivity index (χ1) is 11.2. The minimum absolute atomic E-state index is 0.0182. The van der Waals surface area contributed by atoms with Gasteiger partial charge in [0.25, 0.3) is 0 Å². The molecule has 5 heteroatoms. The van der Waals surface area contributed by atoms with Crippen molar-refractivity contribution in [3.8, 4) is 5.75 Å². The van der Waals surface area contributed by atoms with Crippen molar-refractivity contribution in [1.82, 2.24) is 0 Å². The van der Waals surface area contributed by atoms with E-state index in [4.69, 9.17) is 22.1 Å². The monoisotopic (exact) mass is 330 g/mol. The summed E-state index contributed by atoms with van der Waals surface area (Å²) in [4.78, 5) is 14.5. The number of anilines is 1. The van der Waals surface area contributed by atoms with E-state index in [0.717, 1.165) is 23.4 Å². The number of hydrogen-bond acceptors (Lipinski definition) is 3. The fourth-order valence-corrected chi connectivity index (χ4v) is 3.05. The highest BCUT2D eigenvalue weighted by atomic mass is 35.5. The molecule has 0 aromatic heterocycles. The number of fused-ring (bicyclic) bond motifs is 1. The molecule has 23 heavy (non-hydrogen) atoms. The van der Waals surface area contributed by atoms with Gasteiger partial charge >= 0.3 is 0 Å². The summed E-state index contributed by atoms with van der Waals surface area (Å²) in [7, 11) is 0. The Bertz CT molecular complexity index is 705. The van der Waals surface area contributed by atoms with E-state index < -0.39 is 6.04 Å². The molecular formula is C18H19ClN2O2. The van der Waals surface area contributed by atoms with Crippen molar-refractivity contribution in [3.63, 3.8) is 0 Å². The summed E-state index contributed by atoms with van der Waals surface area (Å²) in [5.41, 5.74) is 7.80. The maximum atomic E-state index is 12.8. The number of para-hydroxylation sites is 2. The first-order valence-electron chi connectivity index (χ1n) is 7.69. The van der Waals surface area contributed by atoms with Crippen LogP contribution in [-0.4, -0.2) is 19.1 Å². The quantitative estimate of drug-likeness (QED) is 0.936. The number of benzene rings is 2. The van der Waals surface area contributed by atoms with Crippen LogP contribution in [0.5, 0.6) is 5.75 Å². The summed E-state index contributed by atoms with van der Waals surface area (Å²) in [6, 6.07) is 14.5. The van der Waals surface area contributed by atoms with Crippen LogP contribution < -0.4 is 15.4 Å². The van der Waals surface area contributed by atoms with E-state index in [1.165, 1.54) is 0 Å². The smallest absolute Gasteiger partial charge is 0.229 e. The van der Waals surface area contributed by atoms with E-state index in [2.05, 4.69) is 0 Å². The number of rotatable bonds is 3. The Hall–Kier alpha value is -2.04. The third-order valence-corrected chi connectivity index (χ3v) is 4.28. The molecule has 1 atom stereocenters. The predicted octanol–water partition coefficient (Wildman–Crippen LogP) is 3.55. The highest BCUT2D eigenvalue weighted by molar-refractivity contribution is 6.31. The minimum Gasteiger partial charge on any atom is -0.491 e. The van der Waals surface area contributed by atoms with Gasteiger partial charge in [-0.2, -0.15) is 0 Å². The number of nitrogens with zero attached hydrogens (tertiary/aromatic N) is 1. The molecule has 4 nitrogen and oxygen atoms in total. The molecule has 0 bridgehead atoms. The molecule has 1 heterocycles. The van der Waals surface area contributed by atoms with Gasteiger partial charge in [-0.1, -0.05) is 41.9 Å². The molecule has 0 radical (unpaired) electrons. The molecule has 0 fully saturated rings. The van der Waals surface area contributed by atoms with Gasteiger partial charge in [-0.25, -0.2) is 0 Å². The molecule has 1 amide bonds. The number of ether oxygens (including phenoxy) is 1. The Labute approximate surface area is 140 Å². The lowest BCUT2D eigenvalue weighted by Crippen LogP contribution is -2.33. The highest BCUT2D eigenvalue weighted by Gasteiger charge is 2.24. The fraction of sp³-hybridized carbons (Fsp3) is 0.278. The van der Waals surface area contributed by atoms with Gasteiger partial charge in [0.15, 0.2) is 0 Å². The van der Waals surface area contributed by atoms with Crippen LogP contribution >= 0.6 is 11.6 Å². The van der Waals surface area contributed by atoms with E-state index in [0.29, 0.717) is 18.2 Å². The Morgan fingerprint density at radius 1 is 1.22 bits per heavy atom. The van der Waals surface area contributed by atoms with Gasteiger partial charge in [-0.05, 0) is 30.2 Å². The second-order valence-corrected chi connectivity index (χ2v) is 5.95. The second kappa shape index (κ2) is 7.02. The average molecular weight is 331 g/mol. The van der Waals surface area contributed by atoms with Crippen LogP contribution in [0.25, 0.3) is 0 Å². The molecule has 0 aliphatic carbocycles. The molecule has 3 rings (SSSR count). The predicted molar refractivity (Wildman–Crippen MR) is 91.9 cm³/mol. The van der Waals surface area contributed by atoms with Crippen molar-refractivity contribution in [2.24, 2.45) is 5.73 Å². The van der Waals surface area contributed by atoms with Crippen LogP contribution in [0.2, 0.25) is 5.02 Å². The van der Waals surface area contributed by atoms with Crippen molar-refractivity contribution in [3.05, 3.63) is 59.1 Å². The topological polar surface area (TPSA) is 55.6 Å². The second-order valence-electron chi connectivity index (χ2n) is 5.55. The number of carbonyl (C=O) groups is 1. The fourth-order valence-electron chi connectivity index (χ4n) is 2.77. The Balaban J connectivity index is 1.79. The third kappa shape index (κ3) is 3.49. The lowest BCUT2D eigenvalue weighted by molar-refractivity contribution is -0.119. The van der Waals surface area contributed by atoms with E-state index in [1.54, 1.807) is 11.0 Å². The first kappa shape index (κ1) is 15.8. The number of halogens is 1. The van der Waals surface area contributed by atoms with Gasteiger partial charge in [-0.3, -0.25) is 4.79 Å².